The molecule has 1 heterocycles. The number of amides is 1. The molecule has 1 rings (SSSR count). The zero-order valence-corrected chi connectivity index (χ0v) is 9.66. The Morgan fingerprint density at radius 2 is 2.33 bits per heavy atom. The molecule has 88 valence electrons. The van der Waals surface area contributed by atoms with Crippen molar-refractivity contribution in [2.75, 3.05) is 13.2 Å². The van der Waals surface area contributed by atoms with E-state index in [1.165, 1.54) is 0 Å². The van der Waals surface area contributed by atoms with E-state index in [4.69, 9.17) is 10.5 Å². The predicted octanol–water partition coefficient (Wildman–Crippen LogP) is 0.655. The molecule has 3 atom stereocenters. The highest BCUT2D eigenvalue weighted by molar-refractivity contribution is 5.81. The molecule has 3 unspecified atom stereocenters. The van der Waals surface area contributed by atoms with E-state index in [1.54, 1.807) is 0 Å². The van der Waals surface area contributed by atoms with E-state index >= 15 is 0 Å². The molecule has 4 nitrogen and oxygen atoms in total. The molecule has 0 radical (unpaired) electrons. The normalized spacial score (nSPS) is 27.7. The van der Waals surface area contributed by atoms with Crippen LogP contribution < -0.4 is 11.1 Å². The first-order chi connectivity index (χ1) is 7.19. The Morgan fingerprint density at radius 1 is 1.60 bits per heavy atom. The molecule has 0 bridgehead atoms. The van der Waals surface area contributed by atoms with Gasteiger partial charge in [-0.05, 0) is 19.3 Å². The van der Waals surface area contributed by atoms with E-state index in [9.17, 15) is 4.79 Å². The molecule has 1 amide bonds. The first-order valence-corrected chi connectivity index (χ1v) is 5.83. The summed E-state index contributed by atoms with van der Waals surface area (Å²) < 4.78 is 5.55. The number of hydrogen-bond donors (Lipinski definition) is 2. The standard InChI is InChI=1S/C11H22N2O2/c1-3-9(12)11(14)13-7-8-5-6-15-10(8)4-2/h8-10H,3-7,12H2,1-2H3,(H,13,14). The summed E-state index contributed by atoms with van der Waals surface area (Å²) in [4.78, 5) is 11.4. The molecule has 0 saturated carbocycles. The second kappa shape index (κ2) is 6.08. The summed E-state index contributed by atoms with van der Waals surface area (Å²) in [7, 11) is 0. The highest BCUT2D eigenvalue weighted by Gasteiger charge is 2.27. The lowest BCUT2D eigenvalue weighted by molar-refractivity contribution is -0.122. The second-order valence-electron chi connectivity index (χ2n) is 4.13. The van der Waals surface area contributed by atoms with Crippen LogP contribution in [0.2, 0.25) is 0 Å². The zero-order chi connectivity index (χ0) is 11.3. The molecule has 4 heteroatoms. The minimum Gasteiger partial charge on any atom is -0.378 e. The average molecular weight is 214 g/mol. The van der Waals surface area contributed by atoms with Gasteiger partial charge >= 0.3 is 0 Å². The van der Waals surface area contributed by atoms with E-state index in [0.717, 1.165) is 19.4 Å². The molecule has 3 N–H and O–H groups in total. The van der Waals surface area contributed by atoms with Crippen LogP contribution in [0.5, 0.6) is 0 Å². The van der Waals surface area contributed by atoms with E-state index in [2.05, 4.69) is 12.2 Å². The highest BCUT2D eigenvalue weighted by atomic mass is 16.5. The van der Waals surface area contributed by atoms with Crippen molar-refractivity contribution >= 4 is 5.91 Å². The van der Waals surface area contributed by atoms with Crippen molar-refractivity contribution in [3.8, 4) is 0 Å². The Morgan fingerprint density at radius 3 is 2.93 bits per heavy atom. The number of nitrogens with two attached hydrogens (primary N) is 1. The van der Waals surface area contributed by atoms with Gasteiger partial charge in [0.2, 0.25) is 5.91 Å². The van der Waals surface area contributed by atoms with Crippen molar-refractivity contribution in [1.82, 2.24) is 5.32 Å². The van der Waals surface area contributed by atoms with Crippen LogP contribution in [0.1, 0.15) is 33.1 Å². The minimum absolute atomic E-state index is 0.0424. The minimum atomic E-state index is -0.368. The van der Waals surface area contributed by atoms with Crippen molar-refractivity contribution in [1.29, 1.82) is 0 Å². The fraction of sp³-hybridized carbons (Fsp3) is 0.909. The molecule has 0 spiro atoms. The van der Waals surface area contributed by atoms with Gasteiger partial charge in [0.05, 0.1) is 12.1 Å². The van der Waals surface area contributed by atoms with Crippen LogP contribution in [0, 0.1) is 5.92 Å². The number of carbonyl (C=O) groups is 1. The largest absolute Gasteiger partial charge is 0.378 e. The van der Waals surface area contributed by atoms with Gasteiger partial charge in [0.1, 0.15) is 0 Å². The Bertz CT molecular complexity index is 209. The third-order valence-corrected chi connectivity index (χ3v) is 3.06. The van der Waals surface area contributed by atoms with E-state index in [0.29, 0.717) is 25.0 Å². The maximum absolute atomic E-state index is 11.4. The van der Waals surface area contributed by atoms with Crippen LogP contribution in [-0.4, -0.2) is 31.2 Å². The molecule has 1 aliphatic rings. The van der Waals surface area contributed by atoms with Crippen molar-refractivity contribution in [3.05, 3.63) is 0 Å². The van der Waals surface area contributed by atoms with Crippen LogP contribution in [0.15, 0.2) is 0 Å². The topological polar surface area (TPSA) is 64.4 Å². The second-order valence-corrected chi connectivity index (χ2v) is 4.13. The number of carbonyl (C=O) groups excluding carboxylic acids is 1. The maximum Gasteiger partial charge on any atom is 0.236 e. The van der Waals surface area contributed by atoms with Crippen LogP contribution in [-0.2, 0) is 9.53 Å². The molecule has 15 heavy (non-hydrogen) atoms. The SMILES string of the molecule is CCC(N)C(=O)NCC1CCOC1CC. The lowest BCUT2D eigenvalue weighted by Gasteiger charge is -2.18. The van der Waals surface area contributed by atoms with Gasteiger partial charge in [-0.25, -0.2) is 0 Å². The van der Waals surface area contributed by atoms with Gasteiger partial charge in [-0.2, -0.15) is 0 Å². The molecule has 1 saturated heterocycles. The van der Waals surface area contributed by atoms with Gasteiger partial charge in [-0.1, -0.05) is 13.8 Å². The van der Waals surface area contributed by atoms with E-state index < -0.39 is 0 Å². The third kappa shape index (κ3) is 3.47. The monoisotopic (exact) mass is 214 g/mol. The van der Waals surface area contributed by atoms with Crippen LogP contribution >= 0.6 is 0 Å². The van der Waals surface area contributed by atoms with Gasteiger partial charge in [0, 0.05) is 19.1 Å². The Labute approximate surface area is 91.5 Å². The molecule has 1 fully saturated rings. The first-order valence-electron chi connectivity index (χ1n) is 5.83. The predicted molar refractivity (Wildman–Crippen MR) is 59.4 cm³/mol. The molecular weight excluding hydrogens is 192 g/mol. The average Bonchev–Trinajstić information content (AvgIpc) is 2.71. The third-order valence-electron chi connectivity index (χ3n) is 3.06. The maximum atomic E-state index is 11.4. The summed E-state index contributed by atoms with van der Waals surface area (Å²) in [5.74, 6) is 0.419. The van der Waals surface area contributed by atoms with Crippen LogP contribution in [0.3, 0.4) is 0 Å². The summed E-state index contributed by atoms with van der Waals surface area (Å²) in [5, 5.41) is 2.90. The molecule has 0 aliphatic carbocycles. The lowest BCUT2D eigenvalue weighted by atomic mass is 9.99. The zero-order valence-electron chi connectivity index (χ0n) is 9.66. The number of hydrogen-bond acceptors (Lipinski definition) is 3. The number of ether oxygens (including phenoxy) is 1. The molecule has 0 aromatic heterocycles. The number of rotatable bonds is 5. The summed E-state index contributed by atoms with van der Waals surface area (Å²) in [5.41, 5.74) is 5.63. The lowest BCUT2D eigenvalue weighted by Crippen LogP contribution is -2.42. The Balaban J connectivity index is 2.27. The summed E-state index contributed by atoms with van der Waals surface area (Å²) >= 11 is 0. The van der Waals surface area contributed by atoms with Crippen LogP contribution in [0.25, 0.3) is 0 Å². The molecule has 0 aromatic carbocycles. The summed E-state index contributed by atoms with van der Waals surface area (Å²) in [6.07, 6.45) is 3.05. The fourth-order valence-electron chi connectivity index (χ4n) is 1.93. The quantitative estimate of drug-likeness (QED) is 0.706. The summed E-state index contributed by atoms with van der Waals surface area (Å²) in [6, 6.07) is -0.368. The Hall–Kier alpha value is -0.610. The summed E-state index contributed by atoms with van der Waals surface area (Å²) in [6.45, 7) is 5.55. The van der Waals surface area contributed by atoms with Crippen molar-refractivity contribution in [3.63, 3.8) is 0 Å². The van der Waals surface area contributed by atoms with Gasteiger partial charge in [0.15, 0.2) is 0 Å². The van der Waals surface area contributed by atoms with E-state index in [-0.39, 0.29) is 11.9 Å². The number of nitrogens with one attached hydrogen (secondary N) is 1. The van der Waals surface area contributed by atoms with Crippen molar-refractivity contribution in [2.45, 2.75) is 45.3 Å². The van der Waals surface area contributed by atoms with Crippen molar-refractivity contribution < 1.29 is 9.53 Å². The Kier molecular flexibility index (Phi) is 5.05. The highest BCUT2D eigenvalue weighted by Crippen LogP contribution is 2.22. The first kappa shape index (κ1) is 12.5. The van der Waals surface area contributed by atoms with Gasteiger partial charge in [0.25, 0.3) is 0 Å². The molecule has 1 aliphatic heterocycles. The van der Waals surface area contributed by atoms with Gasteiger partial charge < -0.3 is 15.8 Å². The van der Waals surface area contributed by atoms with Gasteiger partial charge in [-0.3, -0.25) is 4.79 Å². The van der Waals surface area contributed by atoms with Gasteiger partial charge in [-0.15, -0.1) is 0 Å². The molecular formula is C11H22N2O2. The molecule has 0 aromatic rings. The van der Waals surface area contributed by atoms with Crippen LogP contribution in [0.4, 0.5) is 0 Å². The van der Waals surface area contributed by atoms with Crippen molar-refractivity contribution in [2.24, 2.45) is 11.7 Å². The smallest absolute Gasteiger partial charge is 0.236 e. The van der Waals surface area contributed by atoms with E-state index in [1.807, 2.05) is 6.92 Å². The fourth-order valence-corrected chi connectivity index (χ4v) is 1.93.